The Morgan fingerprint density at radius 2 is 1.81 bits per heavy atom. The van der Waals surface area contributed by atoms with E-state index in [4.69, 9.17) is 21.1 Å². The quantitative estimate of drug-likeness (QED) is 0.641. The first-order chi connectivity index (χ1) is 12.5. The zero-order chi connectivity index (χ0) is 18.5. The van der Waals surface area contributed by atoms with E-state index in [1.807, 2.05) is 19.1 Å². The second kappa shape index (κ2) is 7.93. The van der Waals surface area contributed by atoms with Crippen molar-refractivity contribution in [1.82, 2.24) is 10.9 Å². The zero-order valence-corrected chi connectivity index (χ0v) is 14.8. The SMILES string of the molecule is Cc1ccc(C(=O)NNC(=O)/C=C/c2cc(Cl)c3c(c2)OCCO3)cc1. The first-order valence-corrected chi connectivity index (χ1v) is 8.35. The third kappa shape index (κ3) is 4.34. The second-order valence-corrected chi connectivity index (χ2v) is 6.08. The summed E-state index contributed by atoms with van der Waals surface area (Å²) in [7, 11) is 0. The van der Waals surface area contributed by atoms with Crippen molar-refractivity contribution in [3.63, 3.8) is 0 Å². The van der Waals surface area contributed by atoms with Gasteiger partial charge >= 0.3 is 0 Å². The van der Waals surface area contributed by atoms with Crippen molar-refractivity contribution in [2.24, 2.45) is 0 Å². The smallest absolute Gasteiger partial charge is 0.269 e. The van der Waals surface area contributed by atoms with Crippen LogP contribution in [0.25, 0.3) is 6.08 Å². The molecule has 26 heavy (non-hydrogen) atoms. The number of nitrogens with one attached hydrogen (secondary N) is 2. The van der Waals surface area contributed by atoms with Crippen LogP contribution in [0.4, 0.5) is 0 Å². The van der Waals surface area contributed by atoms with Gasteiger partial charge in [-0.05, 0) is 42.8 Å². The molecule has 0 bridgehead atoms. The summed E-state index contributed by atoms with van der Waals surface area (Å²) in [4.78, 5) is 23.8. The molecule has 2 amide bonds. The number of hydrogen-bond donors (Lipinski definition) is 2. The monoisotopic (exact) mass is 372 g/mol. The average Bonchev–Trinajstić information content (AvgIpc) is 2.65. The Morgan fingerprint density at radius 3 is 2.58 bits per heavy atom. The highest BCUT2D eigenvalue weighted by atomic mass is 35.5. The molecular formula is C19H17ClN2O4. The molecule has 2 aromatic rings. The van der Waals surface area contributed by atoms with Crippen LogP contribution >= 0.6 is 11.6 Å². The third-order valence-corrected chi connectivity index (χ3v) is 3.94. The van der Waals surface area contributed by atoms with Crippen molar-refractivity contribution < 1.29 is 19.1 Å². The Balaban J connectivity index is 1.58. The number of carbonyl (C=O) groups is 2. The maximum atomic E-state index is 11.9. The number of hydrazine groups is 1. The molecule has 1 aliphatic rings. The number of aryl methyl sites for hydroxylation is 1. The Kier molecular flexibility index (Phi) is 5.43. The molecule has 0 aromatic heterocycles. The molecule has 2 aromatic carbocycles. The molecule has 0 aliphatic carbocycles. The van der Waals surface area contributed by atoms with Gasteiger partial charge in [0, 0.05) is 11.6 Å². The molecule has 0 saturated carbocycles. The topological polar surface area (TPSA) is 76.7 Å². The molecule has 0 saturated heterocycles. The van der Waals surface area contributed by atoms with Crippen LogP contribution in [0.5, 0.6) is 11.5 Å². The van der Waals surface area contributed by atoms with E-state index in [0.717, 1.165) is 5.56 Å². The van der Waals surface area contributed by atoms with Gasteiger partial charge in [0.25, 0.3) is 11.8 Å². The number of hydrogen-bond acceptors (Lipinski definition) is 4. The number of fused-ring (bicyclic) bond motifs is 1. The van der Waals surface area contributed by atoms with Gasteiger partial charge in [-0.2, -0.15) is 0 Å². The zero-order valence-electron chi connectivity index (χ0n) is 14.0. The minimum atomic E-state index is -0.475. The molecule has 0 fully saturated rings. The molecule has 0 atom stereocenters. The molecule has 0 spiro atoms. The van der Waals surface area contributed by atoms with Gasteiger partial charge in [0.15, 0.2) is 11.5 Å². The van der Waals surface area contributed by atoms with Crippen LogP contribution in [0, 0.1) is 6.92 Å². The molecule has 3 rings (SSSR count). The summed E-state index contributed by atoms with van der Waals surface area (Å²) in [5.41, 5.74) is 6.87. The number of benzene rings is 2. The summed E-state index contributed by atoms with van der Waals surface area (Å²) in [6.07, 6.45) is 2.86. The largest absolute Gasteiger partial charge is 0.486 e. The van der Waals surface area contributed by atoms with Crippen LogP contribution in [-0.4, -0.2) is 25.0 Å². The highest BCUT2D eigenvalue weighted by Gasteiger charge is 2.16. The molecule has 2 N–H and O–H groups in total. The van der Waals surface area contributed by atoms with Crippen molar-refractivity contribution in [2.75, 3.05) is 13.2 Å². The van der Waals surface area contributed by atoms with Crippen LogP contribution in [0.2, 0.25) is 5.02 Å². The summed E-state index contributed by atoms with van der Waals surface area (Å²) < 4.78 is 10.9. The van der Waals surface area contributed by atoms with Gasteiger partial charge in [0.05, 0.1) is 5.02 Å². The van der Waals surface area contributed by atoms with E-state index in [0.29, 0.717) is 40.9 Å². The van der Waals surface area contributed by atoms with E-state index in [9.17, 15) is 9.59 Å². The van der Waals surface area contributed by atoms with E-state index in [1.165, 1.54) is 6.08 Å². The van der Waals surface area contributed by atoms with Crippen molar-refractivity contribution in [1.29, 1.82) is 0 Å². The number of rotatable bonds is 3. The van der Waals surface area contributed by atoms with E-state index in [1.54, 1.807) is 30.3 Å². The summed E-state index contributed by atoms with van der Waals surface area (Å²) >= 11 is 6.15. The lowest BCUT2D eigenvalue weighted by Gasteiger charge is -2.19. The maximum Gasteiger partial charge on any atom is 0.269 e. The molecule has 1 heterocycles. The second-order valence-electron chi connectivity index (χ2n) is 5.67. The Labute approximate surface area is 155 Å². The molecule has 0 unspecified atom stereocenters. The summed E-state index contributed by atoms with van der Waals surface area (Å²) in [6, 6.07) is 10.4. The molecule has 6 nitrogen and oxygen atoms in total. The fraction of sp³-hybridized carbons (Fsp3) is 0.158. The van der Waals surface area contributed by atoms with Crippen LogP contribution in [-0.2, 0) is 4.79 Å². The average molecular weight is 373 g/mol. The van der Waals surface area contributed by atoms with Gasteiger partial charge in [-0.15, -0.1) is 0 Å². The Hall–Kier alpha value is -2.99. The van der Waals surface area contributed by atoms with Gasteiger partial charge in [-0.3, -0.25) is 20.4 Å². The summed E-state index contributed by atoms with van der Waals surface area (Å²) in [6.45, 7) is 2.82. The molecule has 1 aliphatic heterocycles. The first-order valence-electron chi connectivity index (χ1n) is 7.97. The lowest BCUT2D eigenvalue weighted by atomic mass is 10.1. The van der Waals surface area contributed by atoms with Gasteiger partial charge in [0.2, 0.25) is 0 Å². The van der Waals surface area contributed by atoms with Gasteiger partial charge in [0.1, 0.15) is 13.2 Å². The van der Waals surface area contributed by atoms with E-state index < -0.39 is 11.8 Å². The van der Waals surface area contributed by atoms with Crippen molar-refractivity contribution >= 4 is 29.5 Å². The fourth-order valence-corrected chi connectivity index (χ4v) is 2.61. The number of ether oxygens (including phenoxy) is 2. The Bertz CT molecular complexity index is 863. The molecule has 134 valence electrons. The molecule has 7 heteroatoms. The molecular weight excluding hydrogens is 356 g/mol. The normalized spacial score (nSPS) is 12.7. The number of carbonyl (C=O) groups excluding carboxylic acids is 2. The highest BCUT2D eigenvalue weighted by Crippen LogP contribution is 2.38. The van der Waals surface area contributed by atoms with Crippen molar-refractivity contribution in [3.8, 4) is 11.5 Å². The lowest BCUT2D eigenvalue weighted by Crippen LogP contribution is -2.40. The predicted octanol–water partition coefficient (Wildman–Crippen LogP) is 2.89. The maximum absolute atomic E-state index is 11.9. The van der Waals surface area contributed by atoms with Gasteiger partial charge < -0.3 is 9.47 Å². The van der Waals surface area contributed by atoms with Crippen molar-refractivity contribution in [3.05, 3.63) is 64.2 Å². The van der Waals surface area contributed by atoms with Crippen molar-refractivity contribution in [2.45, 2.75) is 6.92 Å². The third-order valence-electron chi connectivity index (χ3n) is 3.66. The standard InChI is InChI=1S/C19H17ClN2O4/c1-12-2-5-14(6-3-12)19(24)22-21-17(23)7-4-13-10-15(20)18-16(11-13)25-8-9-26-18/h2-7,10-11H,8-9H2,1H3,(H,21,23)(H,22,24)/b7-4+. The van der Waals surface area contributed by atoms with Crippen LogP contribution < -0.4 is 20.3 Å². The highest BCUT2D eigenvalue weighted by molar-refractivity contribution is 6.32. The minimum Gasteiger partial charge on any atom is -0.486 e. The summed E-state index contributed by atoms with van der Waals surface area (Å²) in [5, 5.41) is 0.412. The van der Waals surface area contributed by atoms with E-state index >= 15 is 0 Å². The van der Waals surface area contributed by atoms with Crippen LogP contribution in [0.1, 0.15) is 21.5 Å². The first kappa shape index (κ1) is 17.8. The fourth-order valence-electron chi connectivity index (χ4n) is 2.34. The summed E-state index contributed by atoms with van der Waals surface area (Å²) in [5.74, 6) is 0.173. The van der Waals surface area contributed by atoms with Gasteiger partial charge in [-0.1, -0.05) is 29.3 Å². The van der Waals surface area contributed by atoms with Crippen LogP contribution in [0.3, 0.4) is 0 Å². The van der Waals surface area contributed by atoms with E-state index in [-0.39, 0.29) is 0 Å². The van der Waals surface area contributed by atoms with Crippen LogP contribution in [0.15, 0.2) is 42.5 Å². The van der Waals surface area contributed by atoms with Gasteiger partial charge in [-0.25, -0.2) is 0 Å². The number of amides is 2. The minimum absolute atomic E-state index is 0.394. The lowest BCUT2D eigenvalue weighted by molar-refractivity contribution is -0.117. The predicted molar refractivity (Wildman–Crippen MR) is 98.3 cm³/mol. The number of halogens is 1. The molecule has 0 radical (unpaired) electrons. The van der Waals surface area contributed by atoms with E-state index in [2.05, 4.69) is 10.9 Å². The Morgan fingerprint density at radius 1 is 1.08 bits per heavy atom.